The van der Waals surface area contributed by atoms with Crippen LogP contribution in [0.25, 0.3) is 6.08 Å². The first kappa shape index (κ1) is 31.4. The molecule has 0 bridgehead atoms. The zero-order valence-corrected chi connectivity index (χ0v) is 25.0. The van der Waals surface area contributed by atoms with E-state index in [2.05, 4.69) is 10.2 Å². The lowest BCUT2D eigenvalue weighted by molar-refractivity contribution is -0.384. The van der Waals surface area contributed by atoms with Gasteiger partial charge in [-0.2, -0.15) is 0 Å². The summed E-state index contributed by atoms with van der Waals surface area (Å²) in [5, 5.41) is 13.6. The molecule has 0 radical (unpaired) electrons. The molecule has 0 spiro atoms. The topological polar surface area (TPSA) is 131 Å². The molecule has 1 aliphatic heterocycles. The SMILES string of the molecule is CCN(CC)c1ccc(/C=C2\SC(=O)N(CCOc3ccccc3Cl)C2=O)c(OCC(=O)Nc2cccc([N+](=O)[O-])c2)c1. The molecule has 224 valence electrons. The summed E-state index contributed by atoms with van der Waals surface area (Å²) in [6.07, 6.45) is 1.56. The number of amides is 3. The molecule has 1 N–H and O–H groups in total. The third-order valence-electron chi connectivity index (χ3n) is 6.39. The predicted octanol–water partition coefficient (Wildman–Crippen LogP) is 6.23. The second-order valence-corrected chi connectivity index (χ2v) is 10.6. The molecule has 1 saturated heterocycles. The Balaban J connectivity index is 1.49. The van der Waals surface area contributed by atoms with Crippen LogP contribution < -0.4 is 19.7 Å². The summed E-state index contributed by atoms with van der Waals surface area (Å²) in [5.41, 5.74) is 1.45. The molecule has 0 saturated carbocycles. The molecule has 0 atom stereocenters. The molecule has 0 aromatic heterocycles. The molecule has 3 aromatic carbocycles. The van der Waals surface area contributed by atoms with E-state index in [-0.39, 0.29) is 29.4 Å². The number of halogens is 1. The number of thioether (sulfide) groups is 1. The second kappa shape index (κ2) is 14.6. The number of anilines is 2. The number of imide groups is 1. The van der Waals surface area contributed by atoms with Gasteiger partial charge in [-0.3, -0.25) is 29.4 Å². The fraction of sp³-hybridized carbons (Fsp3) is 0.233. The van der Waals surface area contributed by atoms with Crippen molar-refractivity contribution < 1.29 is 28.8 Å². The van der Waals surface area contributed by atoms with Crippen molar-refractivity contribution in [3.8, 4) is 11.5 Å². The fourth-order valence-corrected chi connectivity index (χ4v) is 5.28. The number of benzene rings is 3. The molecule has 43 heavy (non-hydrogen) atoms. The maximum Gasteiger partial charge on any atom is 0.293 e. The Morgan fingerprint density at radius 2 is 1.81 bits per heavy atom. The lowest BCUT2D eigenvalue weighted by Gasteiger charge is -2.22. The highest BCUT2D eigenvalue weighted by molar-refractivity contribution is 8.18. The van der Waals surface area contributed by atoms with Gasteiger partial charge in [0.25, 0.3) is 22.7 Å². The molecular weight excluding hydrogens is 596 g/mol. The Labute approximate surface area is 257 Å². The number of para-hydroxylation sites is 1. The largest absolute Gasteiger partial charge is 0.490 e. The van der Waals surface area contributed by atoms with Crippen molar-refractivity contribution in [1.82, 2.24) is 4.90 Å². The van der Waals surface area contributed by atoms with E-state index < -0.39 is 28.6 Å². The number of nitrogens with one attached hydrogen (secondary N) is 1. The van der Waals surface area contributed by atoms with Crippen LogP contribution in [0.3, 0.4) is 0 Å². The molecule has 3 aromatic rings. The smallest absolute Gasteiger partial charge is 0.293 e. The van der Waals surface area contributed by atoms with Gasteiger partial charge in [-0.25, -0.2) is 0 Å². The highest BCUT2D eigenvalue weighted by Gasteiger charge is 2.35. The van der Waals surface area contributed by atoms with Crippen molar-refractivity contribution in [3.05, 3.63) is 92.3 Å². The van der Waals surface area contributed by atoms with Gasteiger partial charge in [0.1, 0.15) is 18.1 Å². The number of nitro benzene ring substituents is 1. The fourth-order valence-electron chi connectivity index (χ4n) is 4.23. The van der Waals surface area contributed by atoms with Gasteiger partial charge in [0.2, 0.25) is 0 Å². The third-order valence-corrected chi connectivity index (χ3v) is 7.61. The van der Waals surface area contributed by atoms with Gasteiger partial charge in [-0.15, -0.1) is 0 Å². The lowest BCUT2D eigenvalue weighted by Crippen LogP contribution is -2.32. The van der Waals surface area contributed by atoms with Crippen LogP contribution in [0.15, 0.2) is 71.6 Å². The molecule has 11 nitrogen and oxygen atoms in total. The standard InChI is InChI=1S/C30H29ClN4O7S/c1-3-33(4-2)22-13-12-20(26(18-22)42-19-28(36)32-21-8-7-9-23(17-21)35(39)40)16-27-29(37)34(30(38)43-27)14-15-41-25-11-6-5-10-24(25)31/h5-13,16-18H,3-4,14-15,19H2,1-2H3,(H,32,36)/b27-16-. The Morgan fingerprint density at radius 1 is 1.05 bits per heavy atom. The molecule has 0 unspecified atom stereocenters. The lowest BCUT2D eigenvalue weighted by atomic mass is 10.1. The van der Waals surface area contributed by atoms with Crippen LogP contribution in [0, 0.1) is 10.1 Å². The number of non-ortho nitro benzene ring substituents is 1. The van der Waals surface area contributed by atoms with E-state index >= 15 is 0 Å². The summed E-state index contributed by atoms with van der Waals surface area (Å²) in [6.45, 7) is 5.20. The average molecular weight is 625 g/mol. The summed E-state index contributed by atoms with van der Waals surface area (Å²) in [5.74, 6) is -0.220. The first-order chi connectivity index (χ1) is 20.7. The Morgan fingerprint density at radius 3 is 2.53 bits per heavy atom. The van der Waals surface area contributed by atoms with Crippen molar-refractivity contribution >= 4 is 63.6 Å². The molecule has 0 aliphatic carbocycles. The van der Waals surface area contributed by atoms with Crippen molar-refractivity contribution in [3.63, 3.8) is 0 Å². The first-order valence-corrected chi connectivity index (χ1v) is 14.6. The van der Waals surface area contributed by atoms with Crippen LogP contribution >= 0.6 is 23.4 Å². The van der Waals surface area contributed by atoms with Crippen LogP contribution in [0.1, 0.15) is 19.4 Å². The van der Waals surface area contributed by atoms with Crippen LogP contribution in [-0.4, -0.2) is 59.7 Å². The number of ether oxygens (including phenoxy) is 2. The highest BCUT2D eigenvalue weighted by Crippen LogP contribution is 2.35. The molecular formula is C30H29ClN4O7S. The third kappa shape index (κ3) is 8.05. The minimum Gasteiger partial charge on any atom is -0.490 e. The second-order valence-electron chi connectivity index (χ2n) is 9.15. The maximum absolute atomic E-state index is 13.1. The minimum atomic E-state index is -0.551. The van der Waals surface area contributed by atoms with Gasteiger partial charge in [-0.1, -0.05) is 29.8 Å². The molecule has 3 amide bonds. The molecule has 1 heterocycles. The van der Waals surface area contributed by atoms with E-state index in [9.17, 15) is 24.5 Å². The van der Waals surface area contributed by atoms with Crippen LogP contribution in [0.5, 0.6) is 11.5 Å². The molecule has 1 fully saturated rings. The maximum atomic E-state index is 13.1. The Hall–Kier alpha value is -4.55. The zero-order valence-electron chi connectivity index (χ0n) is 23.4. The number of carbonyl (C=O) groups is 3. The average Bonchev–Trinajstić information content (AvgIpc) is 3.26. The minimum absolute atomic E-state index is 0.0370. The molecule has 13 heteroatoms. The van der Waals surface area contributed by atoms with Crippen LogP contribution in [0.2, 0.25) is 5.02 Å². The Kier molecular flexibility index (Phi) is 10.6. The normalized spacial score (nSPS) is 13.7. The van der Waals surface area contributed by atoms with E-state index in [1.807, 2.05) is 19.9 Å². The van der Waals surface area contributed by atoms with E-state index in [1.54, 1.807) is 42.5 Å². The van der Waals surface area contributed by atoms with Crippen molar-refractivity contribution in [1.29, 1.82) is 0 Å². The van der Waals surface area contributed by atoms with E-state index in [4.69, 9.17) is 21.1 Å². The number of nitrogens with zero attached hydrogens (tertiary/aromatic N) is 3. The van der Waals surface area contributed by atoms with Crippen molar-refractivity contribution in [2.45, 2.75) is 13.8 Å². The van der Waals surface area contributed by atoms with Gasteiger partial charge in [0.15, 0.2) is 6.61 Å². The summed E-state index contributed by atoms with van der Waals surface area (Å²) in [4.78, 5) is 52.3. The summed E-state index contributed by atoms with van der Waals surface area (Å²) in [6, 6.07) is 17.9. The highest BCUT2D eigenvalue weighted by atomic mass is 35.5. The van der Waals surface area contributed by atoms with Crippen molar-refractivity contribution in [2.75, 3.05) is 43.1 Å². The monoisotopic (exact) mass is 624 g/mol. The van der Waals surface area contributed by atoms with Crippen molar-refractivity contribution in [2.24, 2.45) is 0 Å². The quantitative estimate of drug-likeness (QED) is 0.134. The molecule has 1 aliphatic rings. The zero-order chi connectivity index (χ0) is 30.9. The number of carbonyl (C=O) groups excluding carboxylic acids is 3. The van der Waals surface area contributed by atoms with Gasteiger partial charge < -0.3 is 19.7 Å². The summed E-state index contributed by atoms with van der Waals surface area (Å²) < 4.78 is 11.5. The molecule has 4 rings (SSSR count). The Bertz CT molecular complexity index is 1560. The van der Waals surface area contributed by atoms with Gasteiger partial charge in [0, 0.05) is 48.2 Å². The predicted molar refractivity (Wildman–Crippen MR) is 167 cm³/mol. The number of rotatable bonds is 13. The van der Waals surface area contributed by atoms with Gasteiger partial charge in [-0.05, 0) is 62.0 Å². The summed E-state index contributed by atoms with van der Waals surface area (Å²) in [7, 11) is 0. The summed E-state index contributed by atoms with van der Waals surface area (Å²) >= 11 is 6.91. The van der Waals surface area contributed by atoms with Crippen LogP contribution in [0.4, 0.5) is 21.9 Å². The van der Waals surface area contributed by atoms with Crippen LogP contribution in [-0.2, 0) is 9.59 Å². The van der Waals surface area contributed by atoms with Gasteiger partial charge >= 0.3 is 0 Å². The van der Waals surface area contributed by atoms with E-state index in [0.717, 1.165) is 35.4 Å². The first-order valence-electron chi connectivity index (χ1n) is 13.4. The number of hydrogen-bond donors (Lipinski definition) is 1. The number of nitro groups is 1. The van der Waals surface area contributed by atoms with Gasteiger partial charge in [0.05, 0.1) is 21.4 Å². The number of hydrogen-bond acceptors (Lipinski definition) is 9. The van der Waals surface area contributed by atoms with E-state index in [1.165, 1.54) is 24.3 Å². The van der Waals surface area contributed by atoms with E-state index in [0.29, 0.717) is 22.1 Å².